The van der Waals surface area contributed by atoms with Crippen molar-refractivity contribution >= 4 is 5.65 Å². The van der Waals surface area contributed by atoms with Gasteiger partial charge in [-0.2, -0.15) is 5.10 Å². The number of rotatable bonds is 2. The standard InChI is InChI=1S/C12H17N5/c1-16-4-3-10(8-16)12-14-11-6-9(7-13)2-5-17(11)15-12/h2,5-6,10H,3-4,7-8,13H2,1H3. The summed E-state index contributed by atoms with van der Waals surface area (Å²) in [5, 5.41) is 4.54. The van der Waals surface area contributed by atoms with Gasteiger partial charge in [-0.3, -0.25) is 0 Å². The fraction of sp³-hybridized carbons (Fsp3) is 0.500. The fourth-order valence-electron chi connectivity index (χ4n) is 2.39. The Morgan fingerprint density at radius 1 is 1.53 bits per heavy atom. The Kier molecular flexibility index (Phi) is 2.57. The van der Waals surface area contributed by atoms with Crippen molar-refractivity contribution < 1.29 is 0 Å². The molecule has 0 amide bonds. The molecule has 0 bridgehead atoms. The van der Waals surface area contributed by atoms with Crippen LogP contribution in [0.2, 0.25) is 0 Å². The summed E-state index contributed by atoms with van der Waals surface area (Å²) in [6, 6.07) is 4.00. The van der Waals surface area contributed by atoms with Crippen molar-refractivity contribution in [2.24, 2.45) is 5.73 Å². The maximum absolute atomic E-state index is 5.62. The van der Waals surface area contributed by atoms with Crippen LogP contribution in [0.5, 0.6) is 0 Å². The van der Waals surface area contributed by atoms with Gasteiger partial charge in [-0.1, -0.05) is 0 Å². The zero-order chi connectivity index (χ0) is 11.8. The van der Waals surface area contributed by atoms with E-state index in [4.69, 9.17) is 5.73 Å². The van der Waals surface area contributed by atoms with Crippen molar-refractivity contribution in [1.29, 1.82) is 0 Å². The van der Waals surface area contributed by atoms with Gasteiger partial charge in [0, 0.05) is 25.2 Å². The smallest absolute Gasteiger partial charge is 0.156 e. The van der Waals surface area contributed by atoms with Gasteiger partial charge in [-0.05, 0) is 37.7 Å². The van der Waals surface area contributed by atoms with E-state index in [1.165, 1.54) is 0 Å². The highest BCUT2D eigenvalue weighted by atomic mass is 15.3. The van der Waals surface area contributed by atoms with Crippen LogP contribution in [0.1, 0.15) is 23.7 Å². The number of nitrogens with zero attached hydrogens (tertiary/aromatic N) is 4. The predicted octanol–water partition coefficient (Wildman–Crippen LogP) is 0.607. The number of nitrogens with two attached hydrogens (primary N) is 1. The second-order valence-corrected chi connectivity index (χ2v) is 4.76. The molecule has 1 saturated heterocycles. The van der Waals surface area contributed by atoms with Crippen LogP contribution in [0.15, 0.2) is 18.3 Å². The maximum atomic E-state index is 5.62. The van der Waals surface area contributed by atoms with Gasteiger partial charge in [-0.25, -0.2) is 9.50 Å². The third kappa shape index (κ3) is 1.92. The Morgan fingerprint density at radius 2 is 2.41 bits per heavy atom. The molecular formula is C12H17N5. The molecule has 3 rings (SSSR count). The predicted molar refractivity (Wildman–Crippen MR) is 65.7 cm³/mol. The van der Waals surface area contributed by atoms with E-state index in [1.807, 2.05) is 22.8 Å². The summed E-state index contributed by atoms with van der Waals surface area (Å²) in [5.41, 5.74) is 7.62. The number of fused-ring (bicyclic) bond motifs is 1. The van der Waals surface area contributed by atoms with Crippen molar-refractivity contribution in [3.8, 4) is 0 Å². The summed E-state index contributed by atoms with van der Waals surface area (Å²) in [4.78, 5) is 6.93. The van der Waals surface area contributed by atoms with Crippen LogP contribution in [-0.2, 0) is 6.54 Å². The average Bonchev–Trinajstić information content (AvgIpc) is 2.93. The Bertz CT molecular complexity index is 533. The monoisotopic (exact) mass is 231 g/mol. The molecule has 1 atom stereocenters. The van der Waals surface area contributed by atoms with Gasteiger partial charge in [0.1, 0.15) is 0 Å². The molecule has 1 fully saturated rings. The third-order valence-corrected chi connectivity index (χ3v) is 3.41. The SMILES string of the molecule is CN1CCC(c2nc3cc(CN)ccn3n2)C1. The second kappa shape index (κ2) is 4.09. The van der Waals surface area contributed by atoms with Crippen molar-refractivity contribution in [1.82, 2.24) is 19.5 Å². The zero-order valence-electron chi connectivity index (χ0n) is 10.0. The molecule has 17 heavy (non-hydrogen) atoms. The summed E-state index contributed by atoms with van der Waals surface area (Å²) in [6.45, 7) is 2.74. The molecule has 1 aliphatic heterocycles. The van der Waals surface area contributed by atoms with E-state index in [-0.39, 0.29) is 0 Å². The Balaban J connectivity index is 1.96. The first-order valence-electron chi connectivity index (χ1n) is 6.00. The minimum absolute atomic E-state index is 0.473. The fourth-order valence-corrected chi connectivity index (χ4v) is 2.39. The molecule has 1 aliphatic rings. The summed E-state index contributed by atoms with van der Waals surface area (Å²) >= 11 is 0. The number of pyridine rings is 1. The molecule has 0 aliphatic carbocycles. The number of hydrogen-bond acceptors (Lipinski definition) is 4. The minimum Gasteiger partial charge on any atom is -0.326 e. The normalized spacial score (nSPS) is 21.4. The minimum atomic E-state index is 0.473. The molecule has 0 saturated carbocycles. The molecule has 0 spiro atoms. The van der Waals surface area contributed by atoms with E-state index in [1.54, 1.807) is 0 Å². The quantitative estimate of drug-likeness (QED) is 0.822. The average molecular weight is 231 g/mol. The van der Waals surface area contributed by atoms with E-state index in [9.17, 15) is 0 Å². The lowest BCUT2D eigenvalue weighted by molar-refractivity contribution is 0.409. The molecule has 2 N–H and O–H groups in total. The van der Waals surface area contributed by atoms with Crippen LogP contribution in [0.4, 0.5) is 0 Å². The Labute approximate surface area is 100 Å². The lowest BCUT2D eigenvalue weighted by Crippen LogP contribution is -2.13. The maximum Gasteiger partial charge on any atom is 0.156 e. The van der Waals surface area contributed by atoms with Crippen LogP contribution in [-0.4, -0.2) is 39.6 Å². The topological polar surface area (TPSA) is 59.5 Å². The molecule has 5 heteroatoms. The van der Waals surface area contributed by atoms with Crippen LogP contribution >= 0.6 is 0 Å². The van der Waals surface area contributed by atoms with Crippen LogP contribution in [0.3, 0.4) is 0 Å². The van der Waals surface area contributed by atoms with E-state index in [0.717, 1.165) is 36.5 Å². The van der Waals surface area contributed by atoms with Gasteiger partial charge in [0.25, 0.3) is 0 Å². The summed E-state index contributed by atoms with van der Waals surface area (Å²) in [7, 11) is 2.14. The molecule has 1 unspecified atom stereocenters. The molecule has 2 aromatic heterocycles. The highest BCUT2D eigenvalue weighted by Gasteiger charge is 2.24. The molecule has 5 nitrogen and oxygen atoms in total. The summed E-state index contributed by atoms with van der Waals surface area (Å²) in [6.07, 6.45) is 3.09. The molecule has 0 aromatic carbocycles. The highest BCUT2D eigenvalue weighted by Crippen LogP contribution is 2.23. The number of hydrogen-bond donors (Lipinski definition) is 1. The second-order valence-electron chi connectivity index (χ2n) is 4.76. The van der Waals surface area contributed by atoms with Gasteiger partial charge in [0.05, 0.1) is 0 Å². The van der Waals surface area contributed by atoms with E-state index < -0.39 is 0 Å². The van der Waals surface area contributed by atoms with E-state index in [0.29, 0.717) is 12.5 Å². The lowest BCUT2D eigenvalue weighted by atomic mass is 10.1. The van der Waals surface area contributed by atoms with Crippen LogP contribution < -0.4 is 5.73 Å². The first-order chi connectivity index (χ1) is 8.26. The van der Waals surface area contributed by atoms with Crippen molar-refractivity contribution in [3.63, 3.8) is 0 Å². The number of aromatic nitrogens is 3. The first kappa shape index (κ1) is 10.7. The van der Waals surface area contributed by atoms with Crippen LogP contribution in [0, 0.1) is 0 Å². The Morgan fingerprint density at radius 3 is 3.12 bits per heavy atom. The highest BCUT2D eigenvalue weighted by molar-refractivity contribution is 5.40. The molecule has 2 aromatic rings. The largest absolute Gasteiger partial charge is 0.326 e. The van der Waals surface area contributed by atoms with Crippen molar-refractivity contribution in [3.05, 3.63) is 29.7 Å². The third-order valence-electron chi connectivity index (χ3n) is 3.41. The van der Waals surface area contributed by atoms with Gasteiger partial charge in [-0.15, -0.1) is 0 Å². The van der Waals surface area contributed by atoms with E-state index >= 15 is 0 Å². The summed E-state index contributed by atoms with van der Waals surface area (Å²) in [5.74, 6) is 1.43. The van der Waals surface area contributed by atoms with Crippen molar-refractivity contribution in [2.45, 2.75) is 18.9 Å². The number of likely N-dealkylation sites (tertiary alicyclic amines) is 1. The molecule has 0 radical (unpaired) electrons. The Hall–Kier alpha value is -1.46. The summed E-state index contributed by atoms with van der Waals surface area (Å²) < 4.78 is 1.84. The van der Waals surface area contributed by atoms with E-state index in [2.05, 4.69) is 22.0 Å². The number of likely N-dealkylation sites (N-methyl/N-ethyl adjacent to an activating group) is 1. The van der Waals surface area contributed by atoms with Gasteiger partial charge >= 0.3 is 0 Å². The first-order valence-corrected chi connectivity index (χ1v) is 6.00. The molecule has 90 valence electrons. The lowest BCUT2D eigenvalue weighted by Gasteiger charge is -2.05. The molecule has 3 heterocycles. The van der Waals surface area contributed by atoms with Gasteiger partial charge in [0.15, 0.2) is 11.5 Å². The van der Waals surface area contributed by atoms with Crippen molar-refractivity contribution in [2.75, 3.05) is 20.1 Å². The van der Waals surface area contributed by atoms with Crippen LogP contribution in [0.25, 0.3) is 5.65 Å². The van der Waals surface area contributed by atoms with Gasteiger partial charge < -0.3 is 10.6 Å². The molecular weight excluding hydrogens is 214 g/mol. The zero-order valence-corrected chi connectivity index (χ0v) is 10.0. The van der Waals surface area contributed by atoms with Gasteiger partial charge in [0.2, 0.25) is 0 Å².